The van der Waals surface area contributed by atoms with Crippen molar-refractivity contribution < 1.29 is 9.18 Å². The number of benzene rings is 1. The lowest BCUT2D eigenvalue weighted by Gasteiger charge is -2.25. The van der Waals surface area contributed by atoms with Gasteiger partial charge in [-0.2, -0.15) is 0 Å². The van der Waals surface area contributed by atoms with Gasteiger partial charge in [-0.05, 0) is 44.9 Å². The van der Waals surface area contributed by atoms with Crippen molar-refractivity contribution in [2.24, 2.45) is 0 Å². The SMILES string of the molecule is Cc1ccc(C(=O)NC(C)(C)CCCl)c(F)c1. The van der Waals surface area contributed by atoms with Gasteiger partial charge in [0, 0.05) is 11.4 Å². The van der Waals surface area contributed by atoms with Gasteiger partial charge in [-0.15, -0.1) is 11.6 Å². The van der Waals surface area contributed by atoms with Crippen molar-refractivity contribution in [2.75, 3.05) is 5.88 Å². The van der Waals surface area contributed by atoms with Crippen molar-refractivity contribution >= 4 is 17.5 Å². The lowest BCUT2D eigenvalue weighted by atomic mass is 10.0. The third-order valence-corrected chi connectivity index (χ3v) is 2.73. The molecule has 0 heterocycles. The second-order valence-electron chi connectivity index (χ2n) is 4.76. The molecule has 0 aliphatic rings. The van der Waals surface area contributed by atoms with E-state index in [0.29, 0.717) is 12.3 Å². The second kappa shape index (κ2) is 5.50. The maximum atomic E-state index is 13.6. The van der Waals surface area contributed by atoms with E-state index >= 15 is 0 Å². The highest BCUT2D eigenvalue weighted by Gasteiger charge is 2.22. The number of amides is 1. The molecular weight excluding hydrogens is 241 g/mol. The molecule has 0 saturated heterocycles. The molecule has 2 nitrogen and oxygen atoms in total. The molecule has 4 heteroatoms. The maximum Gasteiger partial charge on any atom is 0.254 e. The summed E-state index contributed by atoms with van der Waals surface area (Å²) in [5.41, 5.74) is 0.424. The van der Waals surface area contributed by atoms with Crippen LogP contribution in [0.3, 0.4) is 0 Å². The molecule has 1 aromatic carbocycles. The molecular formula is C13H17ClFNO. The minimum atomic E-state index is -0.496. The van der Waals surface area contributed by atoms with E-state index < -0.39 is 17.3 Å². The lowest BCUT2D eigenvalue weighted by molar-refractivity contribution is 0.0907. The van der Waals surface area contributed by atoms with Gasteiger partial charge in [0.15, 0.2) is 0 Å². The Morgan fingerprint density at radius 3 is 2.65 bits per heavy atom. The zero-order valence-corrected chi connectivity index (χ0v) is 11.1. The van der Waals surface area contributed by atoms with Crippen LogP contribution in [0.2, 0.25) is 0 Å². The summed E-state index contributed by atoms with van der Waals surface area (Å²) in [6.07, 6.45) is 0.633. The molecule has 1 N–H and O–H groups in total. The predicted molar refractivity (Wildman–Crippen MR) is 68.0 cm³/mol. The van der Waals surface area contributed by atoms with Crippen LogP contribution in [0.4, 0.5) is 4.39 Å². The van der Waals surface area contributed by atoms with Crippen LogP contribution in [0.1, 0.15) is 36.2 Å². The standard InChI is InChI=1S/C13H17ClFNO/c1-9-4-5-10(11(15)8-9)12(17)16-13(2,3)6-7-14/h4-5,8H,6-7H2,1-3H3,(H,16,17). The summed E-state index contributed by atoms with van der Waals surface area (Å²) in [7, 11) is 0. The van der Waals surface area contributed by atoms with Crippen molar-refractivity contribution in [1.29, 1.82) is 0 Å². The first-order chi connectivity index (χ1) is 7.85. The topological polar surface area (TPSA) is 29.1 Å². The summed E-state index contributed by atoms with van der Waals surface area (Å²) >= 11 is 5.64. The third-order valence-electron chi connectivity index (χ3n) is 2.54. The highest BCUT2D eigenvalue weighted by atomic mass is 35.5. The van der Waals surface area contributed by atoms with Crippen molar-refractivity contribution in [3.63, 3.8) is 0 Å². The lowest BCUT2D eigenvalue weighted by Crippen LogP contribution is -2.44. The Morgan fingerprint density at radius 1 is 1.47 bits per heavy atom. The zero-order chi connectivity index (χ0) is 13.1. The van der Waals surface area contributed by atoms with Crippen LogP contribution in [0.25, 0.3) is 0 Å². The van der Waals surface area contributed by atoms with Crippen LogP contribution in [0.5, 0.6) is 0 Å². The van der Waals surface area contributed by atoms with E-state index in [9.17, 15) is 9.18 Å². The number of halogens is 2. The van der Waals surface area contributed by atoms with Gasteiger partial charge in [0.25, 0.3) is 5.91 Å². The summed E-state index contributed by atoms with van der Waals surface area (Å²) in [5, 5.41) is 2.77. The monoisotopic (exact) mass is 257 g/mol. The summed E-state index contributed by atoms with van der Waals surface area (Å²) in [4.78, 5) is 11.9. The molecule has 17 heavy (non-hydrogen) atoms. The van der Waals surface area contributed by atoms with E-state index in [-0.39, 0.29) is 5.56 Å². The van der Waals surface area contributed by atoms with Crippen LogP contribution >= 0.6 is 11.6 Å². The van der Waals surface area contributed by atoms with Gasteiger partial charge >= 0.3 is 0 Å². The van der Waals surface area contributed by atoms with E-state index in [4.69, 9.17) is 11.6 Å². The molecule has 0 aromatic heterocycles. The van der Waals surface area contributed by atoms with Crippen LogP contribution in [-0.4, -0.2) is 17.3 Å². The Hall–Kier alpha value is -1.09. The van der Waals surface area contributed by atoms with E-state index in [2.05, 4.69) is 5.32 Å². The highest BCUT2D eigenvalue weighted by Crippen LogP contribution is 2.14. The fourth-order valence-corrected chi connectivity index (χ4v) is 1.95. The van der Waals surface area contributed by atoms with Gasteiger partial charge < -0.3 is 5.32 Å². The van der Waals surface area contributed by atoms with Gasteiger partial charge in [-0.25, -0.2) is 4.39 Å². The Labute approximate surface area is 106 Å². The van der Waals surface area contributed by atoms with Crippen LogP contribution in [-0.2, 0) is 0 Å². The molecule has 0 aliphatic carbocycles. The Kier molecular flexibility index (Phi) is 4.52. The molecule has 0 saturated carbocycles. The van der Waals surface area contributed by atoms with Crippen molar-refractivity contribution in [2.45, 2.75) is 32.7 Å². The van der Waals surface area contributed by atoms with Gasteiger partial charge in [-0.3, -0.25) is 4.79 Å². The molecule has 0 aliphatic heterocycles. The molecule has 0 bridgehead atoms. The largest absolute Gasteiger partial charge is 0.347 e. The fourth-order valence-electron chi connectivity index (χ4n) is 1.48. The molecule has 0 unspecified atom stereocenters. The third kappa shape index (κ3) is 4.00. The Balaban J connectivity index is 2.83. The van der Waals surface area contributed by atoms with E-state index in [1.54, 1.807) is 13.0 Å². The van der Waals surface area contributed by atoms with Crippen molar-refractivity contribution in [3.8, 4) is 0 Å². The summed E-state index contributed by atoms with van der Waals surface area (Å²) < 4.78 is 13.6. The zero-order valence-electron chi connectivity index (χ0n) is 10.3. The number of hydrogen-bond donors (Lipinski definition) is 1. The summed E-state index contributed by atoms with van der Waals surface area (Å²) in [6, 6.07) is 4.56. The molecule has 1 rings (SSSR count). The average Bonchev–Trinajstić information content (AvgIpc) is 2.15. The summed E-state index contributed by atoms with van der Waals surface area (Å²) in [6.45, 7) is 5.50. The molecule has 0 fully saturated rings. The first-order valence-electron chi connectivity index (χ1n) is 5.50. The first-order valence-corrected chi connectivity index (χ1v) is 6.04. The second-order valence-corrected chi connectivity index (χ2v) is 5.14. The molecule has 0 radical (unpaired) electrons. The van der Waals surface area contributed by atoms with Gasteiger partial charge in [0.2, 0.25) is 0 Å². The van der Waals surface area contributed by atoms with E-state index in [0.717, 1.165) is 5.56 Å². The van der Waals surface area contributed by atoms with Crippen LogP contribution in [0.15, 0.2) is 18.2 Å². The van der Waals surface area contributed by atoms with Gasteiger partial charge in [-0.1, -0.05) is 6.07 Å². The number of carbonyl (C=O) groups excluding carboxylic acids is 1. The minimum Gasteiger partial charge on any atom is -0.347 e. The van der Waals surface area contributed by atoms with Crippen molar-refractivity contribution in [3.05, 3.63) is 35.1 Å². The molecule has 1 aromatic rings. The van der Waals surface area contributed by atoms with Crippen molar-refractivity contribution in [1.82, 2.24) is 5.32 Å². The molecule has 94 valence electrons. The quantitative estimate of drug-likeness (QED) is 0.824. The predicted octanol–water partition coefficient (Wildman–Crippen LogP) is 3.27. The Morgan fingerprint density at radius 2 is 2.12 bits per heavy atom. The first kappa shape index (κ1) is 14.0. The molecule has 0 atom stereocenters. The maximum absolute atomic E-state index is 13.6. The number of aryl methyl sites for hydroxylation is 1. The normalized spacial score (nSPS) is 11.4. The van der Waals surface area contributed by atoms with Gasteiger partial charge in [0.05, 0.1) is 5.56 Å². The van der Waals surface area contributed by atoms with Gasteiger partial charge in [0.1, 0.15) is 5.82 Å². The number of hydrogen-bond acceptors (Lipinski definition) is 1. The summed E-state index contributed by atoms with van der Waals surface area (Å²) in [5.74, 6) is -0.453. The number of nitrogens with one attached hydrogen (secondary N) is 1. The number of rotatable bonds is 4. The highest BCUT2D eigenvalue weighted by molar-refractivity contribution is 6.17. The Bertz CT molecular complexity index is 418. The fraction of sp³-hybridized carbons (Fsp3) is 0.462. The molecule has 0 spiro atoms. The van der Waals surface area contributed by atoms with E-state index in [1.807, 2.05) is 13.8 Å². The number of carbonyl (C=O) groups is 1. The van der Waals surface area contributed by atoms with Crippen LogP contribution in [0, 0.1) is 12.7 Å². The van der Waals surface area contributed by atoms with Crippen LogP contribution < -0.4 is 5.32 Å². The minimum absolute atomic E-state index is 0.0678. The smallest absolute Gasteiger partial charge is 0.254 e. The molecule has 1 amide bonds. The number of alkyl halides is 1. The average molecular weight is 258 g/mol. The van der Waals surface area contributed by atoms with E-state index in [1.165, 1.54) is 12.1 Å².